The molecule has 1 fully saturated rings. The van der Waals surface area contributed by atoms with E-state index in [1.54, 1.807) is 6.92 Å². The van der Waals surface area contributed by atoms with Crippen molar-refractivity contribution >= 4 is 0 Å². The molecule has 0 saturated heterocycles. The first-order chi connectivity index (χ1) is 7.15. The Labute approximate surface area is 90.5 Å². The maximum absolute atomic E-state index is 14.2. The summed E-state index contributed by atoms with van der Waals surface area (Å²) >= 11 is 0. The van der Waals surface area contributed by atoms with Gasteiger partial charge in [-0.05, 0) is 36.8 Å². The predicted molar refractivity (Wildman–Crippen MR) is 60.5 cm³/mol. The van der Waals surface area contributed by atoms with E-state index < -0.39 is 5.67 Å². The van der Waals surface area contributed by atoms with Crippen LogP contribution in [0.3, 0.4) is 0 Å². The summed E-state index contributed by atoms with van der Waals surface area (Å²) in [7, 11) is 0. The fraction of sp³-hybridized carbons (Fsp3) is 0.538. The third-order valence-electron chi connectivity index (χ3n) is 3.45. The summed E-state index contributed by atoms with van der Waals surface area (Å²) in [6, 6.07) is 7.81. The van der Waals surface area contributed by atoms with Crippen LogP contribution in [0, 0.1) is 0 Å². The van der Waals surface area contributed by atoms with Gasteiger partial charge in [0.05, 0.1) is 0 Å². The van der Waals surface area contributed by atoms with Crippen molar-refractivity contribution in [3.05, 3.63) is 35.4 Å². The van der Waals surface area contributed by atoms with Gasteiger partial charge in [0.1, 0.15) is 5.67 Å². The van der Waals surface area contributed by atoms with Gasteiger partial charge in [-0.15, -0.1) is 0 Å². The monoisotopic (exact) mass is 207 g/mol. The normalized spacial score (nSPS) is 20.7. The minimum atomic E-state index is -1.38. The number of benzene rings is 1. The zero-order valence-electron chi connectivity index (χ0n) is 9.17. The molecule has 1 aromatic carbocycles. The van der Waals surface area contributed by atoms with Crippen LogP contribution in [-0.4, -0.2) is 6.54 Å². The molecule has 0 spiro atoms. The van der Waals surface area contributed by atoms with E-state index in [9.17, 15) is 4.39 Å². The first kappa shape index (κ1) is 10.6. The average Bonchev–Trinajstić information content (AvgIpc) is 2.16. The van der Waals surface area contributed by atoms with E-state index in [-0.39, 0.29) is 6.54 Å². The van der Waals surface area contributed by atoms with Crippen LogP contribution in [0.5, 0.6) is 0 Å². The van der Waals surface area contributed by atoms with Gasteiger partial charge in [-0.3, -0.25) is 0 Å². The minimum Gasteiger partial charge on any atom is -0.327 e. The van der Waals surface area contributed by atoms with Gasteiger partial charge in [0, 0.05) is 6.54 Å². The van der Waals surface area contributed by atoms with Crippen LogP contribution in [0.1, 0.15) is 43.2 Å². The van der Waals surface area contributed by atoms with Gasteiger partial charge in [0.25, 0.3) is 0 Å². The van der Waals surface area contributed by atoms with Gasteiger partial charge in [-0.25, -0.2) is 4.39 Å². The molecule has 0 radical (unpaired) electrons. The van der Waals surface area contributed by atoms with Crippen LogP contribution in [0.25, 0.3) is 0 Å². The van der Waals surface area contributed by atoms with Crippen molar-refractivity contribution in [1.29, 1.82) is 0 Å². The first-order valence-electron chi connectivity index (χ1n) is 5.63. The highest BCUT2D eigenvalue weighted by Gasteiger charge is 2.30. The average molecular weight is 207 g/mol. The number of alkyl halides is 1. The molecule has 0 bridgehead atoms. The molecule has 15 heavy (non-hydrogen) atoms. The Bertz CT molecular complexity index is 342. The lowest BCUT2D eigenvalue weighted by Crippen LogP contribution is -2.29. The van der Waals surface area contributed by atoms with E-state index in [0.717, 1.165) is 5.56 Å². The molecule has 2 N–H and O–H groups in total. The summed E-state index contributed by atoms with van der Waals surface area (Å²) in [5, 5.41) is 0. The molecule has 1 aliphatic carbocycles. The zero-order chi connectivity index (χ0) is 10.9. The molecule has 1 atom stereocenters. The SMILES string of the molecule is CC(F)(CN)c1ccccc1C1CCC1. The highest BCUT2D eigenvalue weighted by Crippen LogP contribution is 2.41. The molecule has 0 aromatic heterocycles. The number of halogens is 1. The second-order valence-electron chi connectivity index (χ2n) is 4.62. The molecule has 0 heterocycles. The summed E-state index contributed by atoms with van der Waals surface area (Å²) in [6.45, 7) is 1.63. The number of nitrogens with two attached hydrogens (primary N) is 1. The lowest BCUT2D eigenvalue weighted by atomic mass is 9.76. The van der Waals surface area contributed by atoms with Crippen molar-refractivity contribution in [2.45, 2.75) is 37.8 Å². The second-order valence-corrected chi connectivity index (χ2v) is 4.62. The van der Waals surface area contributed by atoms with Crippen molar-refractivity contribution in [1.82, 2.24) is 0 Å². The van der Waals surface area contributed by atoms with E-state index in [1.165, 1.54) is 24.8 Å². The Morgan fingerprint density at radius 2 is 2.07 bits per heavy atom. The lowest BCUT2D eigenvalue weighted by Gasteiger charge is -2.31. The predicted octanol–water partition coefficient (Wildman–Crippen LogP) is 3.10. The van der Waals surface area contributed by atoms with Crippen molar-refractivity contribution < 1.29 is 4.39 Å². The van der Waals surface area contributed by atoms with Gasteiger partial charge >= 0.3 is 0 Å². The van der Waals surface area contributed by atoms with Gasteiger partial charge in [-0.1, -0.05) is 30.7 Å². The molecular formula is C13H18FN. The van der Waals surface area contributed by atoms with Crippen LogP contribution >= 0.6 is 0 Å². The largest absolute Gasteiger partial charge is 0.327 e. The van der Waals surface area contributed by atoms with Crippen LogP contribution < -0.4 is 5.73 Å². The summed E-state index contributed by atoms with van der Waals surface area (Å²) in [4.78, 5) is 0. The Morgan fingerprint density at radius 3 is 2.60 bits per heavy atom. The minimum absolute atomic E-state index is 0.0523. The standard InChI is InChI=1S/C13H18FN/c1-13(14,9-15)12-8-3-2-7-11(12)10-5-4-6-10/h2-3,7-8,10H,4-6,9,15H2,1H3. The van der Waals surface area contributed by atoms with Gasteiger partial charge < -0.3 is 5.73 Å². The Balaban J connectivity index is 2.37. The lowest BCUT2D eigenvalue weighted by molar-refractivity contribution is 0.199. The topological polar surface area (TPSA) is 26.0 Å². The third kappa shape index (κ3) is 1.91. The van der Waals surface area contributed by atoms with E-state index in [4.69, 9.17) is 5.73 Å². The van der Waals surface area contributed by atoms with Crippen LogP contribution in [0.4, 0.5) is 4.39 Å². The summed E-state index contributed by atoms with van der Waals surface area (Å²) in [6.07, 6.45) is 3.65. The van der Waals surface area contributed by atoms with Crippen LogP contribution in [0.2, 0.25) is 0 Å². The molecule has 2 rings (SSSR count). The summed E-state index contributed by atoms with van der Waals surface area (Å²) < 4.78 is 14.2. The molecule has 1 saturated carbocycles. The highest BCUT2D eigenvalue weighted by atomic mass is 19.1. The van der Waals surface area contributed by atoms with Crippen LogP contribution in [0.15, 0.2) is 24.3 Å². The molecule has 0 amide bonds. The molecule has 1 aromatic rings. The fourth-order valence-corrected chi connectivity index (χ4v) is 2.16. The molecule has 1 nitrogen and oxygen atoms in total. The van der Waals surface area contributed by atoms with E-state index in [2.05, 4.69) is 0 Å². The maximum atomic E-state index is 14.2. The van der Waals surface area contributed by atoms with Crippen LogP contribution in [-0.2, 0) is 5.67 Å². The molecule has 2 heteroatoms. The van der Waals surface area contributed by atoms with E-state index >= 15 is 0 Å². The van der Waals surface area contributed by atoms with Gasteiger partial charge in [0.15, 0.2) is 0 Å². The summed E-state index contributed by atoms with van der Waals surface area (Å²) in [5.74, 6) is 0.558. The van der Waals surface area contributed by atoms with Gasteiger partial charge in [-0.2, -0.15) is 0 Å². The molecular weight excluding hydrogens is 189 g/mol. The van der Waals surface area contributed by atoms with Crippen molar-refractivity contribution in [2.24, 2.45) is 5.73 Å². The second kappa shape index (κ2) is 3.93. The third-order valence-corrected chi connectivity index (χ3v) is 3.45. The molecule has 82 valence electrons. The zero-order valence-corrected chi connectivity index (χ0v) is 9.17. The van der Waals surface area contributed by atoms with Crippen molar-refractivity contribution in [2.75, 3.05) is 6.54 Å². The van der Waals surface area contributed by atoms with Crippen molar-refractivity contribution in [3.8, 4) is 0 Å². The van der Waals surface area contributed by atoms with E-state index in [1.807, 2.05) is 24.3 Å². The molecule has 0 aliphatic heterocycles. The molecule has 1 unspecified atom stereocenters. The van der Waals surface area contributed by atoms with E-state index in [0.29, 0.717) is 5.92 Å². The number of rotatable bonds is 3. The van der Waals surface area contributed by atoms with Crippen molar-refractivity contribution in [3.63, 3.8) is 0 Å². The Kier molecular flexibility index (Phi) is 2.79. The fourth-order valence-electron chi connectivity index (χ4n) is 2.16. The summed E-state index contributed by atoms with van der Waals surface area (Å²) in [5.41, 5.74) is 6.06. The number of hydrogen-bond acceptors (Lipinski definition) is 1. The Hall–Kier alpha value is -0.890. The maximum Gasteiger partial charge on any atom is 0.145 e. The smallest absolute Gasteiger partial charge is 0.145 e. The quantitative estimate of drug-likeness (QED) is 0.809. The highest BCUT2D eigenvalue weighted by molar-refractivity contribution is 5.36. The first-order valence-corrected chi connectivity index (χ1v) is 5.63. The Morgan fingerprint density at radius 1 is 1.40 bits per heavy atom. The molecule has 1 aliphatic rings. The van der Waals surface area contributed by atoms with Gasteiger partial charge in [0.2, 0.25) is 0 Å². The number of hydrogen-bond donors (Lipinski definition) is 1.